The van der Waals surface area contributed by atoms with E-state index in [1.165, 1.54) is 18.2 Å². The van der Waals surface area contributed by atoms with Crippen molar-refractivity contribution in [2.45, 2.75) is 11.4 Å². The van der Waals surface area contributed by atoms with Crippen molar-refractivity contribution in [3.63, 3.8) is 0 Å². The molecule has 0 amide bonds. The van der Waals surface area contributed by atoms with Crippen LogP contribution < -0.4 is 4.72 Å². The highest BCUT2D eigenvalue weighted by atomic mass is 79.9. The number of carbonyl (C=O) groups is 1. The molecule has 0 saturated carbocycles. The van der Waals surface area contributed by atoms with Gasteiger partial charge in [-0.05, 0) is 28.1 Å². The van der Waals surface area contributed by atoms with Gasteiger partial charge >= 0.3 is 5.97 Å². The number of hydrogen-bond donors (Lipinski definition) is 2. The van der Waals surface area contributed by atoms with Crippen LogP contribution in [0.15, 0.2) is 39.0 Å². The zero-order chi connectivity index (χ0) is 15.6. The van der Waals surface area contributed by atoms with Crippen LogP contribution in [0.1, 0.15) is 15.2 Å². The maximum Gasteiger partial charge on any atom is 0.345 e. The number of benzene rings is 1. The van der Waals surface area contributed by atoms with Gasteiger partial charge in [0.2, 0.25) is 10.0 Å². The average Bonchev–Trinajstić information content (AvgIpc) is 2.81. The molecule has 1 aromatic heterocycles. The van der Waals surface area contributed by atoms with E-state index in [1.807, 2.05) is 0 Å². The molecule has 112 valence electrons. The van der Waals surface area contributed by atoms with Gasteiger partial charge in [-0.3, -0.25) is 0 Å². The Hall–Kier alpha value is -1.29. The summed E-state index contributed by atoms with van der Waals surface area (Å²) in [5.41, 5.74) is 0.200. The number of sulfonamides is 1. The van der Waals surface area contributed by atoms with Gasteiger partial charge in [-0.2, -0.15) is 0 Å². The van der Waals surface area contributed by atoms with Crippen LogP contribution in [-0.4, -0.2) is 19.5 Å². The number of hydrogen-bond acceptors (Lipinski definition) is 4. The third-order valence-electron chi connectivity index (χ3n) is 2.57. The Labute approximate surface area is 132 Å². The Morgan fingerprint density at radius 3 is 2.62 bits per heavy atom. The van der Waals surface area contributed by atoms with E-state index in [1.54, 1.807) is 6.07 Å². The molecule has 1 heterocycles. The first kappa shape index (κ1) is 16.1. The summed E-state index contributed by atoms with van der Waals surface area (Å²) >= 11 is 3.82. The van der Waals surface area contributed by atoms with Crippen LogP contribution in [0.4, 0.5) is 4.39 Å². The van der Waals surface area contributed by atoms with Crippen molar-refractivity contribution in [3.05, 3.63) is 50.4 Å². The van der Waals surface area contributed by atoms with Crippen LogP contribution in [0, 0.1) is 5.82 Å². The fraction of sp³-hybridized carbons (Fsp3) is 0.0833. The van der Waals surface area contributed by atoms with Crippen LogP contribution in [0.5, 0.6) is 0 Å². The third-order valence-corrected chi connectivity index (χ3v) is 6.21. The standard InChI is InChI=1S/C12H9BrFNO4S2/c13-11-10(5-9(20-11)12(16)17)21(18,19)15-6-7-3-1-2-4-8(7)14/h1-5,15H,6H2,(H,16,17). The molecule has 1 aromatic carbocycles. The number of carboxylic acid groups (broad SMARTS) is 1. The van der Waals surface area contributed by atoms with Crippen molar-refractivity contribution in [2.24, 2.45) is 0 Å². The second-order valence-electron chi connectivity index (χ2n) is 3.97. The molecule has 2 N–H and O–H groups in total. The maximum atomic E-state index is 13.4. The zero-order valence-electron chi connectivity index (χ0n) is 10.3. The van der Waals surface area contributed by atoms with Crippen molar-refractivity contribution in [2.75, 3.05) is 0 Å². The first-order valence-electron chi connectivity index (χ1n) is 5.57. The molecule has 0 spiro atoms. The Bertz CT molecular complexity index is 788. The minimum absolute atomic E-state index is 0.104. The van der Waals surface area contributed by atoms with Crippen LogP contribution in [-0.2, 0) is 16.6 Å². The number of halogens is 2. The van der Waals surface area contributed by atoms with E-state index in [9.17, 15) is 17.6 Å². The SMILES string of the molecule is O=C(O)c1cc(S(=O)(=O)NCc2ccccc2F)c(Br)s1. The molecular weight excluding hydrogens is 385 g/mol. The first-order chi connectivity index (χ1) is 9.81. The summed E-state index contributed by atoms with van der Waals surface area (Å²) in [6.45, 7) is -0.223. The van der Waals surface area contributed by atoms with Gasteiger partial charge in [-0.25, -0.2) is 22.3 Å². The number of aromatic carboxylic acids is 1. The van der Waals surface area contributed by atoms with Crippen molar-refractivity contribution >= 4 is 43.3 Å². The fourth-order valence-electron chi connectivity index (χ4n) is 1.53. The summed E-state index contributed by atoms with van der Waals surface area (Å²) in [4.78, 5) is 10.6. The fourth-order valence-corrected chi connectivity index (χ4v) is 4.94. The number of thiophene rings is 1. The molecule has 0 saturated heterocycles. The summed E-state index contributed by atoms with van der Waals surface area (Å²) < 4.78 is 40.1. The first-order valence-corrected chi connectivity index (χ1v) is 8.66. The minimum atomic E-state index is -3.94. The molecule has 0 radical (unpaired) electrons. The molecule has 0 atom stereocenters. The van der Waals surface area contributed by atoms with Gasteiger partial charge < -0.3 is 5.11 Å². The highest BCUT2D eigenvalue weighted by molar-refractivity contribution is 9.11. The van der Waals surface area contributed by atoms with Crippen molar-refractivity contribution in [1.29, 1.82) is 0 Å². The lowest BCUT2D eigenvalue weighted by Crippen LogP contribution is -2.23. The Balaban J connectivity index is 2.23. The average molecular weight is 394 g/mol. The lowest BCUT2D eigenvalue weighted by Gasteiger charge is -2.06. The van der Waals surface area contributed by atoms with Crippen LogP contribution in [0.3, 0.4) is 0 Å². The molecule has 9 heteroatoms. The number of carboxylic acids is 1. The van der Waals surface area contributed by atoms with E-state index >= 15 is 0 Å². The molecule has 5 nitrogen and oxygen atoms in total. The van der Waals surface area contributed by atoms with E-state index < -0.39 is 21.8 Å². The summed E-state index contributed by atoms with van der Waals surface area (Å²) in [5, 5.41) is 8.86. The van der Waals surface area contributed by atoms with Gasteiger partial charge in [0, 0.05) is 12.1 Å². The zero-order valence-corrected chi connectivity index (χ0v) is 13.6. The van der Waals surface area contributed by atoms with Crippen LogP contribution in [0.2, 0.25) is 0 Å². The molecule has 0 aliphatic carbocycles. The molecule has 2 aromatic rings. The predicted octanol–water partition coefficient (Wildman–Crippen LogP) is 2.83. The highest BCUT2D eigenvalue weighted by Gasteiger charge is 2.23. The van der Waals surface area contributed by atoms with Crippen LogP contribution >= 0.6 is 27.3 Å². The van der Waals surface area contributed by atoms with Crippen molar-refractivity contribution in [1.82, 2.24) is 4.72 Å². The molecule has 0 aliphatic heterocycles. The van der Waals surface area contributed by atoms with E-state index in [0.717, 1.165) is 17.4 Å². The highest BCUT2D eigenvalue weighted by Crippen LogP contribution is 2.31. The third kappa shape index (κ3) is 3.67. The Morgan fingerprint density at radius 1 is 1.38 bits per heavy atom. The van der Waals surface area contributed by atoms with E-state index in [0.29, 0.717) is 0 Å². The second kappa shape index (κ2) is 6.22. The van der Waals surface area contributed by atoms with Crippen molar-refractivity contribution < 1.29 is 22.7 Å². The number of rotatable bonds is 5. The number of nitrogens with one attached hydrogen (secondary N) is 1. The minimum Gasteiger partial charge on any atom is -0.477 e. The van der Waals surface area contributed by atoms with Gasteiger partial charge in [0.15, 0.2) is 0 Å². The molecule has 21 heavy (non-hydrogen) atoms. The van der Waals surface area contributed by atoms with Gasteiger partial charge in [0.25, 0.3) is 0 Å². The predicted molar refractivity (Wildman–Crippen MR) is 79.4 cm³/mol. The summed E-state index contributed by atoms with van der Waals surface area (Å²) in [6, 6.07) is 6.84. The van der Waals surface area contributed by atoms with Crippen molar-refractivity contribution in [3.8, 4) is 0 Å². The van der Waals surface area contributed by atoms with Gasteiger partial charge in [0.1, 0.15) is 15.6 Å². The van der Waals surface area contributed by atoms with Gasteiger partial charge in [-0.1, -0.05) is 18.2 Å². The Kier molecular flexibility index (Phi) is 4.77. The maximum absolute atomic E-state index is 13.4. The van der Waals surface area contributed by atoms with E-state index in [-0.39, 0.29) is 25.7 Å². The largest absolute Gasteiger partial charge is 0.477 e. The summed E-state index contributed by atoms with van der Waals surface area (Å²) in [6.07, 6.45) is 0. The molecular formula is C12H9BrFNO4S2. The normalized spacial score (nSPS) is 11.5. The molecule has 0 aliphatic rings. The monoisotopic (exact) mass is 393 g/mol. The van der Waals surface area contributed by atoms with Gasteiger partial charge in [0.05, 0.1) is 3.79 Å². The van der Waals surface area contributed by atoms with Gasteiger partial charge in [-0.15, -0.1) is 11.3 Å². The topological polar surface area (TPSA) is 83.5 Å². The van der Waals surface area contributed by atoms with Crippen LogP contribution in [0.25, 0.3) is 0 Å². The second-order valence-corrected chi connectivity index (χ2v) is 8.08. The molecule has 0 fully saturated rings. The lowest BCUT2D eigenvalue weighted by molar-refractivity contribution is 0.0702. The Morgan fingerprint density at radius 2 is 2.05 bits per heavy atom. The summed E-state index contributed by atoms with van der Waals surface area (Å²) in [7, 11) is -3.94. The lowest BCUT2D eigenvalue weighted by atomic mass is 10.2. The molecule has 0 unspecified atom stereocenters. The van der Waals surface area contributed by atoms with E-state index in [2.05, 4.69) is 20.7 Å². The molecule has 2 rings (SSSR count). The smallest absolute Gasteiger partial charge is 0.345 e. The van der Waals surface area contributed by atoms with E-state index in [4.69, 9.17) is 5.11 Å². The molecule has 0 bridgehead atoms. The summed E-state index contributed by atoms with van der Waals surface area (Å²) in [5.74, 6) is -1.73. The quantitative estimate of drug-likeness (QED) is 0.817.